The third kappa shape index (κ3) is 3.69. The lowest BCUT2D eigenvalue weighted by molar-refractivity contribution is -0.123. The van der Waals surface area contributed by atoms with Gasteiger partial charge in [0.1, 0.15) is 6.54 Å². The van der Waals surface area contributed by atoms with Crippen molar-refractivity contribution in [1.29, 1.82) is 0 Å². The van der Waals surface area contributed by atoms with Gasteiger partial charge in [-0.15, -0.1) is 0 Å². The molecule has 0 aliphatic carbocycles. The first-order valence-electron chi connectivity index (χ1n) is 10.3. The fourth-order valence-corrected chi connectivity index (χ4v) is 3.95. The predicted molar refractivity (Wildman–Crippen MR) is 117 cm³/mol. The number of amides is 3. The quantitative estimate of drug-likeness (QED) is 0.752. The molecule has 31 heavy (non-hydrogen) atoms. The van der Waals surface area contributed by atoms with Gasteiger partial charge in [-0.1, -0.05) is 49.4 Å². The predicted octanol–water partition coefficient (Wildman–Crippen LogP) is 3.36. The van der Waals surface area contributed by atoms with E-state index in [1.54, 1.807) is 12.1 Å². The summed E-state index contributed by atoms with van der Waals surface area (Å²) in [5.74, 6) is -0.819. The van der Waals surface area contributed by atoms with Gasteiger partial charge in [-0.3, -0.25) is 19.4 Å². The van der Waals surface area contributed by atoms with Gasteiger partial charge in [0, 0.05) is 5.69 Å². The van der Waals surface area contributed by atoms with Crippen molar-refractivity contribution < 1.29 is 14.4 Å². The molecule has 0 aromatic heterocycles. The maximum atomic E-state index is 13.1. The number of carbonyl (C=O) groups excluding carboxylic acids is 3. The second kappa shape index (κ2) is 7.94. The van der Waals surface area contributed by atoms with Crippen molar-refractivity contribution in [1.82, 2.24) is 5.01 Å². The van der Waals surface area contributed by atoms with Crippen LogP contribution in [-0.2, 0) is 14.4 Å². The van der Waals surface area contributed by atoms with E-state index in [1.807, 2.05) is 44.2 Å². The van der Waals surface area contributed by atoms with Crippen LogP contribution in [-0.4, -0.2) is 41.4 Å². The summed E-state index contributed by atoms with van der Waals surface area (Å²) in [6.07, 6.45) is 0. The Kier molecular flexibility index (Phi) is 5.31. The lowest BCUT2D eigenvalue weighted by Gasteiger charge is -2.21. The molecule has 0 radical (unpaired) electrons. The van der Waals surface area contributed by atoms with Crippen molar-refractivity contribution in [2.75, 3.05) is 16.8 Å². The van der Waals surface area contributed by atoms with Crippen LogP contribution in [0, 0.1) is 13.8 Å². The van der Waals surface area contributed by atoms with Crippen molar-refractivity contribution in [3.63, 3.8) is 0 Å². The molecule has 0 saturated carbocycles. The molecule has 3 amide bonds. The van der Waals surface area contributed by atoms with Crippen LogP contribution in [0.1, 0.15) is 36.5 Å². The van der Waals surface area contributed by atoms with E-state index in [0.29, 0.717) is 11.6 Å². The fraction of sp³-hybridized carbons (Fsp3) is 0.348. The molecule has 2 aliphatic rings. The molecule has 2 heterocycles. The van der Waals surface area contributed by atoms with E-state index in [2.05, 4.69) is 29.5 Å². The molecule has 1 N–H and O–H groups in total. The molecule has 8 heteroatoms. The minimum absolute atomic E-state index is 0.169. The van der Waals surface area contributed by atoms with E-state index in [9.17, 15) is 14.4 Å². The third-order valence-corrected chi connectivity index (χ3v) is 5.73. The number of benzene rings is 2. The standard InChI is InChI=1S/C23H25N5O3/c1-13(2)16-8-10-17(11-9-16)28-22(30)20-21(23(28)31)27(26-25-20)12-18(29)24-19-14(3)6-5-7-15(19)4/h5-11,13,20-21H,12H2,1-4H3,(H,24,29). The van der Waals surface area contributed by atoms with Crippen LogP contribution in [0.15, 0.2) is 52.8 Å². The summed E-state index contributed by atoms with van der Waals surface area (Å²) in [6.45, 7) is 7.81. The Morgan fingerprint density at radius 3 is 2.29 bits per heavy atom. The van der Waals surface area contributed by atoms with Gasteiger partial charge in [0.2, 0.25) is 5.91 Å². The molecule has 4 rings (SSSR count). The van der Waals surface area contributed by atoms with E-state index < -0.39 is 23.9 Å². The van der Waals surface area contributed by atoms with Crippen molar-refractivity contribution in [3.8, 4) is 0 Å². The van der Waals surface area contributed by atoms with Crippen molar-refractivity contribution in [2.24, 2.45) is 10.3 Å². The number of carbonyl (C=O) groups is 3. The Hall–Kier alpha value is -3.55. The van der Waals surface area contributed by atoms with Crippen LogP contribution in [0.4, 0.5) is 11.4 Å². The number of para-hydroxylation sites is 1. The third-order valence-electron chi connectivity index (χ3n) is 5.73. The molecule has 1 fully saturated rings. The van der Waals surface area contributed by atoms with Crippen molar-refractivity contribution >= 4 is 29.1 Å². The Morgan fingerprint density at radius 1 is 1.03 bits per heavy atom. The summed E-state index contributed by atoms with van der Waals surface area (Å²) in [6, 6.07) is 11.3. The fourth-order valence-electron chi connectivity index (χ4n) is 3.95. The Balaban J connectivity index is 1.49. The van der Waals surface area contributed by atoms with E-state index in [0.717, 1.165) is 27.3 Å². The van der Waals surface area contributed by atoms with Gasteiger partial charge in [-0.25, -0.2) is 4.90 Å². The number of hydrogen-bond donors (Lipinski definition) is 1. The maximum Gasteiger partial charge on any atom is 0.263 e. The molecule has 2 aliphatic heterocycles. The molecule has 160 valence electrons. The highest BCUT2D eigenvalue weighted by Crippen LogP contribution is 2.32. The first-order valence-corrected chi connectivity index (χ1v) is 10.3. The molecule has 0 spiro atoms. The van der Waals surface area contributed by atoms with Crippen LogP contribution in [0.3, 0.4) is 0 Å². The van der Waals surface area contributed by atoms with Gasteiger partial charge in [0.05, 0.1) is 5.69 Å². The summed E-state index contributed by atoms with van der Waals surface area (Å²) < 4.78 is 0. The molecule has 1 saturated heterocycles. The number of anilines is 2. The first kappa shape index (κ1) is 20.7. The summed E-state index contributed by atoms with van der Waals surface area (Å²) in [4.78, 5) is 39.7. The smallest absolute Gasteiger partial charge is 0.263 e. The van der Waals surface area contributed by atoms with Gasteiger partial charge in [-0.05, 0) is 48.6 Å². The highest BCUT2D eigenvalue weighted by atomic mass is 16.2. The number of imide groups is 1. The highest BCUT2D eigenvalue weighted by Gasteiger charge is 2.55. The number of nitrogens with zero attached hydrogens (tertiary/aromatic N) is 4. The maximum absolute atomic E-state index is 13.1. The highest BCUT2D eigenvalue weighted by molar-refractivity contribution is 6.25. The second-order valence-electron chi connectivity index (χ2n) is 8.27. The van der Waals surface area contributed by atoms with Crippen LogP contribution in [0.2, 0.25) is 0 Å². The Labute approximate surface area is 180 Å². The number of rotatable bonds is 5. The van der Waals surface area contributed by atoms with Crippen LogP contribution >= 0.6 is 0 Å². The molecule has 2 atom stereocenters. The minimum Gasteiger partial charge on any atom is -0.324 e. The summed E-state index contributed by atoms with van der Waals surface area (Å²) in [7, 11) is 0. The van der Waals surface area contributed by atoms with Gasteiger partial charge >= 0.3 is 0 Å². The first-order chi connectivity index (χ1) is 14.8. The van der Waals surface area contributed by atoms with Crippen LogP contribution in [0.5, 0.6) is 0 Å². The normalized spacial score (nSPS) is 20.0. The largest absolute Gasteiger partial charge is 0.324 e. The van der Waals surface area contributed by atoms with Crippen LogP contribution < -0.4 is 10.2 Å². The molecule has 2 unspecified atom stereocenters. The number of aryl methyl sites for hydroxylation is 2. The number of hydrogen-bond acceptors (Lipinski definition) is 6. The molecular weight excluding hydrogens is 394 g/mol. The zero-order valence-electron chi connectivity index (χ0n) is 18.0. The summed E-state index contributed by atoms with van der Waals surface area (Å²) in [5.41, 5.74) is 4.24. The average Bonchev–Trinajstić information content (AvgIpc) is 3.24. The van der Waals surface area contributed by atoms with Gasteiger partial charge in [0.15, 0.2) is 12.1 Å². The van der Waals surface area contributed by atoms with Crippen molar-refractivity contribution in [3.05, 3.63) is 59.2 Å². The van der Waals surface area contributed by atoms with E-state index >= 15 is 0 Å². The monoisotopic (exact) mass is 419 g/mol. The van der Waals surface area contributed by atoms with E-state index in [4.69, 9.17) is 0 Å². The Bertz CT molecular complexity index is 1060. The molecular formula is C23H25N5O3. The molecule has 0 bridgehead atoms. The van der Waals surface area contributed by atoms with Crippen molar-refractivity contribution in [2.45, 2.75) is 45.7 Å². The van der Waals surface area contributed by atoms with E-state index in [-0.39, 0.29) is 12.5 Å². The molecule has 2 aromatic carbocycles. The topological polar surface area (TPSA) is 94.4 Å². The average molecular weight is 419 g/mol. The zero-order chi connectivity index (χ0) is 22.3. The second-order valence-corrected chi connectivity index (χ2v) is 8.27. The van der Waals surface area contributed by atoms with Gasteiger partial charge in [0.25, 0.3) is 11.8 Å². The number of fused-ring (bicyclic) bond motifs is 1. The molecule has 8 nitrogen and oxygen atoms in total. The zero-order valence-corrected chi connectivity index (χ0v) is 18.0. The number of nitrogens with one attached hydrogen (secondary N) is 1. The summed E-state index contributed by atoms with van der Waals surface area (Å²) in [5, 5.41) is 12.1. The van der Waals surface area contributed by atoms with E-state index in [1.165, 1.54) is 5.01 Å². The minimum atomic E-state index is -0.926. The van der Waals surface area contributed by atoms with Gasteiger partial charge < -0.3 is 5.32 Å². The Morgan fingerprint density at radius 2 is 1.68 bits per heavy atom. The summed E-state index contributed by atoms with van der Waals surface area (Å²) >= 11 is 0. The lowest BCUT2D eigenvalue weighted by Crippen LogP contribution is -2.43. The van der Waals surface area contributed by atoms with Crippen LogP contribution in [0.25, 0.3) is 0 Å². The molecule has 2 aromatic rings. The van der Waals surface area contributed by atoms with Gasteiger partial charge in [-0.2, -0.15) is 5.11 Å². The SMILES string of the molecule is Cc1cccc(C)c1NC(=O)CN1N=NC2C(=O)N(c3ccc(C(C)C)cc3)C(=O)C21. The lowest BCUT2D eigenvalue weighted by atomic mass is 10.0.